The second-order valence-corrected chi connectivity index (χ2v) is 11.9. The lowest BCUT2D eigenvalue weighted by molar-refractivity contribution is -0.139. The van der Waals surface area contributed by atoms with Crippen LogP contribution in [0.15, 0.2) is 65.6 Å². The number of fused-ring (bicyclic) bond motifs is 1. The van der Waals surface area contributed by atoms with E-state index in [0.29, 0.717) is 11.3 Å². The largest absolute Gasteiger partial charge is 0.497 e. The van der Waals surface area contributed by atoms with Crippen molar-refractivity contribution in [1.29, 1.82) is 0 Å². The average Bonchev–Trinajstić information content (AvgIpc) is 3.16. The molecule has 1 N–H and O–H groups in total. The Morgan fingerprint density at radius 3 is 2.36 bits per heavy atom. The van der Waals surface area contributed by atoms with Gasteiger partial charge in [0.05, 0.1) is 12.1 Å². The minimum absolute atomic E-state index is 0.0119. The number of halogens is 1. The first-order chi connectivity index (χ1) is 18.5. The fourth-order valence-corrected chi connectivity index (χ4v) is 6.82. The average molecular weight is 571 g/mol. The number of carbonyl (C=O) groups is 3. The SMILES string of the molecule is COc1ccc2cc(C3(C)NC(=O)N(CC(=O)N4CCN(S(=O)(=O)c5ccccc5Cl)CC4)C3=O)ccc2c1. The molecule has 2 fully saturated rings. The van der Waals surface area contributed by atoms with E-state index in [-0.39, 0.29) is 36.1 Å². The summed E-state index contributed by atoms with van der Waals surface area (Å²) >= 11 is 6.09. The molecule has 5 rings (SSSR count). The standard InChI is InChI=1S/C27H27ClN4O6S/c1-27(20-9-7-19-16-21(38-2)10-8-18(19)15-20)25(34)32(26(35)29-27)17-24(33)30-11-13-31(14-12-30)39(36,37)23-6-4-3-5-22(23)28/h3-10,15-16H,11-14,17H2,1-2H3,(H,29,35). The van der Waals surface area contributed by atoms with Crippen molar-refractivity contribution < 1.29 is 27.5 Å². The zero-order valence-electron chi connectivity index (χ0n) is 21.4. The lowest BCUT2D eigenvalue weighted by Gasteiger charge is -2.34. The third-order valence-corrected chi connectivity index (χ3v) is 9.64. The summed E-state index contributed by atoms with van der Waals surface area (Å²) in [6, 6.07) is 16.5. The van der Waals surface area contributed by atoms with Crippen LogP contribution in [-0.4, -0.2) is 80.2 Å². The smallest absolute Gasteiger partial charge is 0.325 e. The summed E-state index contributed by atoms with van der Waals surface area (Å²) in [4.78, 5) is 41.7. The molecule has 0 radical (unpaired) electrons. The Morgan fingerprint density at radius 2 is 1.67 bits per heavy atom. The number of carbonyl (C=O) groups excluding carboxylic acids is 3. The maximum absolute atomic E-state index is 13.4. The molecule has 3 aromatic rings. The Hall–Kier alpha value is -3.67. The first-order valence-corrected chi connectivity index (χ1v) is 14.1. The van der Waals surface area contributed by atoms with E-state index in [0.717, 1.165) is 15.7 Å². The number of sulfonamides is 1. The van der Waals surface area contributed by atoms with Gasteiger partial charge in [-0.05, 0) is 53.6 Å². The van der Waals surface area contributed by atoms with Crippen LogP contribution < -0.4 is 10.1 Å². The van der Waals surface area contributed by atoms with Crippen LogP contribution in [0.5, 0.6) is 5.75 Å². The number of rotatable bonds is 6. The van der Waals surface area contributed by atoms with E-state index in [4.69, 9.17) is 16.3 Å². The highest BCUT2D eigenvalue weighted by Crippen LogP contribution is 2.32. The maximum atomic E-state index is 13.4. The number of urea groups is 1. The Labute approximate surface area is 231 Å². The van der Waals surface area contributed by atoms with E-state index in [2.05, 4.69) is 5.32 Å². The fourth-order valence-electron chi connectivity index (χ4n) is 4.90. The van der Waals surface area contributed by atoms with E-state index in [9.17, 15) is 22.8 Å². The van der Waals surface area contributed by atoms with Gasteiger partial charge < -0.3 is 15.0 Å². The second kappa shape index (κ2) is 10.1. The molecular formula is C27H27ClN4O6S. The molecule has 2 heterocycles. The van der Waals surface area contributed by atoms with E-state index >= 15 is 0 Å². The van der Waals surface area contributed by atoms with Gasteiger partial charge >= 0.3 is 6.03 Å². The summed E-state index contributed by atoms with van der Waals surface area (Å²) in [7, 11) is -2.23. The van der Waals surface area contributed by atoms with Crippen molar-refractivity contribution in [2.75, 3.05) is 39.8 Å². The minimum Gasteiger partial charge on any atom is -0.497 e. The van der Waals surface area contributed by atoms with E-state index < -0.39 is 40.0 Å². The summed E-state index contributed by atoms with van der Waals surface area (Å²) in [6.45, 7) is 1.55. The number of nitrogens with one attached hydrogen (secondary N) is 1. The van der Waals surface area contributed by atoms with Gasteiger partial charge in [-0.1, -0.05) is 41.9 Å². The molecule has 3 aromatic carbocycles. The summed E-state index contributed by atoms with van der Waals surface area (Å²) in [5.41, 5.74) is -0.750. The Bertz CT molecular complexity index is 1590. The minimum atomic E-state index is -3.82. The van der Waals surface area contributed by atoms with Crippen LogP contribution in [0.3, 0.4) is 0 Å². The van der Waals surface area contributed by atoms with Crippen molar-refractivity contribution in [2.24, 2.45) is 0 Å². The molecule has 39 heavy (non-hydrogen) atoms. The number of piperazine rings is 1. The number of nitrogens with zero attached hydrogens (tertiary/aromatic N) is 3. The van der Waals surface area contributed by atoms with E-state index in [1.807, 2.05) is 30.3 Å². The van der Waals surface area contributed by atoms with Crippen LogP contribution in [0.4, 0.5) is 4.79 Å². The topological polar surface area (TPSA) is 116 Å². The van der Waals surface area contributed by atoms with Crippen molar-refractivity contribution in [1.82, 2.24) is 19.4 Å². The second-order valence-electron chi connectivity index (χ2n) is 9.59. The monoisotopic (exact) mass is 570 g/mol. The predicted molar refractivity (Wildman–Crippen MR) is 145 cm³/mol. The highest BCUT2D eigenvalue weighted by molar-refractivity contribution is 7.89. The first-order valence-electron chi connectivity index (χ1n) is 12.3. The van der Waals surface area contributed by atoms with E-state index in [1.165, 1.54) is 21.3 Å². The summed E-state index contributed by atoms with van der Waals surface area (Å²) in [5, 5.41) is 4.65. The molecule has 0 saturated carbocycles. The van der Waals surface area contributed by atoms with Gasteiger partial charge in [-0.15, -0.1) is 0 Å². The van der Waals surface area contributed by atoms with Crippen molar-refractivity contribution in [3.8, 4) is 5.75 Å². The molecule has 1 unspecified atom stereocenters. The molecule has 0 spiro atoms. The van der Waals surface area contributed by atoms with Gasteiger partial charge in [-0.25, -0.2) is 13.2 Å². The van der Waals surface area contributed by atoms with Crippen LogP contribution in [-0.2, 0) is 25.2 Å². The summed E-state index contributed by atoms with van der Waals surface area (Å²) in [5.74, 6) is -0.268. The number of methoxy groups -OCH3 is 1. The van der Waals surface area contributed by atoms with Crippen LogP contribution >= 0.6 is 11.6 Å². The normalized spacial score (nSPS) is 20.4. The third kappa shape index (κ3) is 4.81. The molecule has 0 aliphatic carbocycles. The quantitative estimate of drug-likeness (QED) is 0.456. The van der Waals surface area contributed by atoms with Crippen LogP contribution in [0.25, 0.3) is 10.8 Å². The van der Waals surface area contributed by atoms with Crippen molar-refractivity contribution in [2.45, 2.75) is 17.4 Å². The van der Waals surface area contributed by atoms with Gasteiger partial charge in [0.15, 0.2) is 0 Å². The number of hydrogen-bond donors (Lipinski definition) is 1. The lowest BCUT2D eigenvalue weighted by Crippen LogP contribution is -2.53. The highest BCUT2D eigenvalue weighted by Gasteiger charge is 2.50. The van der Waals surface area contributed by atoms with Gasteiger partial charge in [0, 0.05) is 26.2 Å². The van der Waals surface area contributed by atoms with Crippen LogP contribution in [0.2, 0.25) is 5.02 Å². The van der Waals surface area contributed by atoms with Crippen LogP contribution in [0.1, 0.15) is 12.5 Å². The zero-order valence-corrected chi connectivity index (χ0v) is 23.0. The Morgan fingerprint density at radius 1 is 1.00 bits per heavy atom. The fraction of sp³-hybridized carbons (Fsp3) is 0.296. The molecule has 204 valence electrons. The predicted octanol–water partition coefficient (Wildman–Crippen LogP) is 2.80. The molecule has 10 nitrogen and oxygen atoms in total. The molecule has 2 aliphatic rings. The number of amides is 4. The molecular weight excluding hydrogens is 544 g/mol. The van der Waals surface area contributed by atoms with Crippen molar-refractivity contribution >= 4 is 50.2 Å². The van der Waals surface area contributed by atoms with Gasteiger partial charge in [-0.3, -0.25) is 14.5 Å². The summed E-state index contributed by atoms with van der Waals surface area (Å²) in [6.07, 6.45) is 0. The Balaban J connectivity index is 1.26. The number of hydrogen-bond acceptors (Lipinski definition) is 6. The lowest BCUT2D eigenvalue weighted by atomic mass is 9.90. The molecule has 1 atom stereocenters. The van der Waals surface area contributed by atoms with Crippen LogP contribution in [0, 0.1) is 0 Å². The van der Waals surface area contributed by atoms with Crippen molar-refractivity contribution in [3.63, 3.8) is 0 Å². The van der Waals surface area contributed by atoms with E-state index in [1.54, 1.807) is 32.2 Å². The molecule has 0 bridgehead atoms. The first kappa shape index (κ1) is 26.9. The molecule has 2 saturated heterocycles. The molecule has 2 aliphatic heterocycles. The summed E-state index contributed by atoms with van der Waals surface area (Å²) < 4.78 is 32.5. The number of ether oxygens (including phenoxy) is 1. The van der Waals surface area contributed by atoms with Gasteiger partial charge in [0.2, 0.25) is 15.9 Å². The number of benzene rings is 3. The van der Waals surface area contributed by atoms with Gasteiger partial charge in [0.1, 0.15) is 22.7 Å². The third-order valence-electron chi connectivity index (χ3n) is 7.24. The van der Waals surface area contributed by atoms with Crippen molar-refractivity contribution in [3.05, 3.63) is 71.2 Å². The van der Waals surface area contributed by atoms with Gasteiger partial charge in [-0.2, -0.15) is 4.31 Å². The molecule has 4 amide bonds. The molecule has 0 aromatic heterocycles. The number of imide groups is 1. The highest BCUT2D eigenvalue weighted by atomic mass is 35.5. The van der Waals surface area contributed by atoms with Gasteiger partial charge in [0.25, 0.3) is 5.91 Å². The maximum Gasteiger partial charge on any atom is 0.325 e. The Kier molecular flexibility index (Phi) is 7.00. The molecule has 12 heteroatoms. The zero-order chi connectivity index (χ0) is 27.9.